The van der Waals surface area contributed by atoms with Crippen molar-refractivity contribution in [2.45, 2.75) is 11.0 Å². The maximum absolute atomic E-state index is 12.4. The molecule has 0 saturated carbocycles. The van der Waals surface area contributed by atoms with Gasteiger partial charge in [0.15, 0.2) is 0 Å². The van der Waals surface area contributed by atoms with Gasteiger partial charge in [0, 0.05) is 24.1 Å². The molecule has 1 fully saturated rings. The van der Waals surface area contributed by atoms with Crippen molar-refractivity contribution in [2.24, 2.45) is 5.73 Å². The summed E-state index contributed by atoms with van der Waals surface area (Å²) in [7, 11) is -3.46. The Kier molecular flexibility index (Phi) is 6.22. The molecule has 1 heterocycles. The van der Waals surface area contributed by atoms with Crippen LogP contribution in [-0.2, 0) is 14.8 Å². The minimum atomic E-state index is -3.46. The van der Waals surface area contributed by atoms with E-state index < -0.39 is 10.0 Å². The first-order valence-electron chi connectivity index (χ1n) is 5.61. The number of nitrogens with zero attached hydrogens (tertiary/aromatic N) is 1. The second kappa shape index (κ2) is 7.01. The van der Waals surface area contributed by atoms with Crippen LogP contribution in [0.25, 0.3) is 0 Å². The van der Waals surface area contributed by atoms with E-state index in [4.69, 9.17) is 10.5 Å². The average Bonchev–Trinajstić information content (AvgIpc) is 2.39. The van der Waals surface area contributed by atoms with Gasteiger partial charge in [-0.3, -0.25) is 0 Å². The summed E-state index contributed by atoms with van der Waals surface area (Å²) in [6, 6.07) is 6.69. The van der Waals surface area contributed by atoms with Crippen LogP contribution in [-0.4, -0.2) is 45.1 Å². The summed E-state index contributed by atoms with van der Waals surface area (Å²) in [5, 5.41) is 0. The molecule has 1 aliphatic heterocycles. The Balaban J connectivity index is 0.00000180. The topological polar surface area (TPSA) is 72.6 Å². The minimum Gasteiger partial charge on any atom is -0.374 e. The molecular formula is C11H16BrClN2O3S. The molecule has 8 heteroatoms. The van der Waals surface area contributed by atoms with Gasteiger partial charge >= 0.3 is 0 Å². The lowest BCUT2D eigenvalue weighted by atomic mass is 10.3. The first kappa shape index (κ1) is 16.9. The number of morpholine rings is 1. The third kappa shape index (κ3) is 3.90. The molecule has 108 valence electrons. The first-order chi connectivity index (χ1) is 8.54. The molecule has 1 atom stereocenters. The van der Waals surface area contributed by atoms with Crippen LogP contribution in [0, 0.1) is 0 Å². The van der Waals surface area contributed by atoms with Gasteiger partial charge in [0.05, 0.1) is 17.6 Å². The van der Waals surface area contributed by atoms with Crippen LogP contribution in [0.2, 0.25) is 0 Å². The molecule has 0 bridgehead atoms. The first-order valence-corrected chi connectivity index (χ1v) is 7.85. The number of hydrogen-bond acceptors (Lipinski definition) is 4. The molecule has 1 aromatic carbocycles. The van der Waals surface area contributed by atoms with E-state index in [9.17, 15) is 8.42 Å². The predicted molar refractivity (Wildman–Crippen MR) is 78.9 cm³/mol. The Hall–Kier alpha value is -0.180. The quantitative estimate of drug-likeness (QED) is 0.867. The lowest BCUT2D eigenvalue weighted by molar-refractivity contribution is 0.00450. The summed E-state index contributed by atoms with van der Waals surface area (Å²) in [5.41, 5.74) is 5.52. The Morgan fingerprint density at radius 1 is 1.47 bits per heavy atom. The van der Waals surface area contributed by atoms with Gasteiger partial charge in [-0.2, -0.15) is 4.31 Å². The van der Waals surface area contributed by atoms with E-state index >= 15 is 0 Å². The molecule has 2 N–H and O–H groups in total. The molecule has 0 radical (unpaired) electrons. The highest BCUT2D eigenvalue weighted by Crippen LogP contribution is 2.21. The molecule has 19 heavy (non-hydrogen) atoms. The normalized spacial score (nSPS) is 20.8. The molecule has 0 aliphatic carbocycles. The fraction of sp³-hybridized carbons (Fsp3) is 0.455. The van der Waals surface area contributed by atoms with E-state index in [0.29, 0.717) is 26.2 Å². The number of nitrogens with two attached hydrogens (primary N) is 1. The van der Waals surface area contributed by atoms with Crippen molar-refractivity contribution in [3.8, 4) is 0 Å². The fourth-order valence-corrected chi connectivity index (χ4v) is 3.88. The van der Waals surface area contributed by atoms with Crippen LogP contribution in [0.3, 0.4) is 0 Å². The smallest absolute Gasteiger partial charge is 0.243 e. The number of halogens is 2. The highest BCUT2D eigenvalue weighted by molar-refractivity contribution is 9.10. The molecular weight excluding hydrogens is 356 g/mol. The third-order valence-electron chi connectivity index (χ3n) is 2.80. The standard InChI is InChI=1S/C11H15BrN2O3S.ClH/c12-9-2-1-3-11(6-9)18(15,16)14-4-5-17-10(7-13)8-14;/h1-3,6,10H,4-5,7-8,13H2;1H. The molecule has 0 aromatic heterocycles. The molecule has 1 aliphatic rings. The largest absolute Gasteiger partial charge is 0.374 e. The molecule has 1 saturated heterocycles. The van der Waals surface area contributed by atoms with E-state index in [-0.39, 0.29) is 23.4 Å². The zero-order chi connectivity index (χ0) is 13.2. The Morgan fingerprint density at radius 2 is 2.21 bits per heavy atom. The van der Waals surface area contributed by atoms with E-state index in [1.165, 1.54) is 4.31 Å². The second-order valence-electron chi connectivity index (χ2n) is 4.05. The van der Waals surface area contributed by atoms with Gasteiger partial charge in [0.1, 0.15) is 0 Å². The number of benzene rings is 1. The maximum atomic E-state index is 12.4. The highest BCUT2D eigenvalue weighted by atomic mass is 79.9. The van der Waals surface area contributed by atoms with Crippen LogP contribution in [0.4, 0.5) is 0 Å². The van der Waals surface area contributed by atoms with E-state index in [1.807, 2.05) is 0 Å². The van der Waals surface area contributed by atoms with Crippen LogP contribution in [0.1, 0.15) is 0 Å². The zero-order valence-electron chi connectivity index (χ0n) is 10.2. The van der Waals surface area contributed by atoms with Crippen molar-refractivity contribution < 1.29 is 13.2 Å². The van der Waals surface area contributed by atoms with Crippen LogP contribution in [0.15, 0.2) is 33.6 Å². The van der Waals surface area contributed by atoms with Crippen molar-refractivity contribution in [3.05, 3.63) is 28.7 Å². The van der Waals surface area contributed by atoms with Crippen molar-refractivity contribution in [3.63, 3.8) is 0 Å². The zero-order valence-corrected chi connectivity index (χ0v) is 13.4. The molecule has 0 amide bonds. The van der Waals surface area contributed by atoms with Gasteiger partial charge in [0.25, 0.3) is 0 Å². The lowest BCUT2D eigenvalue weighted by Crippen LogP contribution is -2.48. The molecule has 1 unspecified atom stereocenters. The van der Waals surface area contributed by atoms with E-state index in [1.54, 1.807) is 24.3 Å². The summed E-state index contributed by atoms with van der Waals surface area (Å²) >= 11 is 3.28. The minimum absolute atomic E-state index is 0. The fourth-order valence-electron chi connectivity index (χ4n) is 1.83. The van der Waals surface area contributed by atoms with Gasteiger partial charge in [0.2, 0.25) is 10.0 Å². The Morgan fingerprint density at radius 3 is 2.84 bits per heavy atom. The molecule has 1 aromatic rings. The van der Waals surface area contributed by atoms with Crippen molar-refractivity contribution in [1.82, 2.24) is 4.31 Å². The second-order valence-corrected chi connectivity index (χ2v) is 6.90. The van der Waals surface area contributed by atoms with Crippen LogP contribution in [0.5, 0.6) is 0 Å². The van der Waals surface area contributed by atoms with Crippen molar-refractivity contribution in [1.29, 1.82) is 0 Å². The summed E-state index contributed by atoms with van der Waals surface area (Å²) in [4.78, 5) is 0.287. The monoisotopic (exact) mass is 370 g/mol. The maximum Gasteiger partial charge on any atom is 0.243 e. The Bertz CT molecular complexity index is 526. The molecule has 2 rings (SSSR count). The van der Waals surface area contributed by atoms with Crippen LogP contribution >= 0.6 is 28.3 Å². The highest BCUT2D eigenvalue weighted by Gasteiger charge is 2.30. The van der Waals surface area contributed by atoms with E-state index in [2.05, 4.69) is 15.9 Å². The van der Waals surface area contributed by atoms with Crippen molar-refractivity contribution >= 4 is 38.4 Å². The predicted octanol–water partition coefficient (Wildman–Crippen LogP) is 1.22. The summed E-state index contributed by atoms with van der Waals surface area (Å²) in [5.74, 6) is 0. The number of rotatable bonds is 3. The summed E-state index contributed by atoms with van der Waals surface area (Å²) < 4.78 is 32.4. The van der Waals surface area contributed by atoms with Gasteiger partial charge in [-0.25, -0.2) is 8.42 Å². The SMILES string of the molecule is Cl.NCC1CN(S(=O)(=O)c2cccc(Br)c2)CCO1. The van der Waals surface area contributed by atoms with Crippen LogP contribution < -0.4 is 5.73 Å². The van der Waals surface area contributed by atoms with Gasteiger partial charge in [-0.15, -0.1) is 12.4 Å². The number of ether oxygens (including phenoxy) is 1. The summed E-state index contributed by atoms with van der Waals surface area (Å²) in [6.45, 7) is 1.39. The third-order valence-corrected chi connectivity index (χ3v) is 5.15. The van der Waals surface area contributed by atoms with Gasteiger partial charge in [-0.05, 0) is 18.2 Å². The number of sulfonamides is 1. The van der Waals surface area contributed by atoms with Gasteiger partial charge in [-0.1, -0.05) is 22.0 Å². The molecule has 5 nitrogen and oxygen atoms in total. The van der Waals surface area contributed by atoms with Gasteiger partial charge < -0.3 is 10.5 Å². The Labute approximate surface area is 127 Å². The average molecular weight is 372 g/mol. The van der Waals surface area contributed by atoms with Crippen molar-refractivity contribution in [2.75, 3.05) is 26.2 Å². The van der Waals surface area contributed by atoms with E-state index in [0.717, 1.165) is 4.47 Å². The molecule has 0 spiro atoms. The number of hydrogen-bond donors (Lipinski definition) is 1. The lowest BCUT2D eigenvalue weighted by Gasteiger charge is -2.31. The summed E-state index contributed by atoms with van der Waals surface area (Å²) in [6.07, 6.45) is -0.222.